The zero-order valence-electron chi connectivity index (χ0n) is 11.6. The van der Waals surface area contributed by atoms with Crippen molar-refractivity contribution in [3.8, 4) is 0 Å². The minimum Gasteiger partial charge on any atom is -0.350 e. The second kappa shape index (κ2) is 6.04. The first-order chi connectivity index (χ1) is 10.3. The number of hydrogen-bond acceptors (Lipinski definition) is 3. The second-order valence-electron chi connectivity index (χ2n) is 4.58. The normalized spacial score (nSPS) is 11.5. The average Bonchev–Trinajstić information content (AvgIpc) is 2.74. The molecule has 22 heavy (non-hydrogen) atoms. The van der Waals surface area contributed by atoms with E-state index >= 15 is 0 Å². The van der Waals surface area contributed by atoms with Gasteiger partial charge in [-0.2, -0.15) is 13.2 Å². The molecule has 1 aromatic carbocycles. The quantitative estimate of drug-likeness (QED) is 0.912. The number of nitrogens with zero attached hydrogens (tertiary/aromatic N) is 3. The van der Waals surface area contributed by atoms with Crippen LogP contribution in [-0.2, 0) is 31.1 Å². The number of nitrogens with one attached hydrogen (secondary N) is 1. The van der Waals surface area contributed by atoms with E-state index in [1.165, 1.54) is 0 Å². The van der Waals surface area contributed by atoms with Gasteiger partial charge in [-0.3, -0.25) is 9.36 Å². The fourth-order valence-electron chi connectivity index (χ4n) is 1.83. The Kier molecular flexibility index (Phi) is 4.34. The topological polar surface area (TPSA) is 68.9 Å². The molecule has 0 aliphatic carbocycles. The van der Waals surface area contributed by atoms with Crippen molar-refractivity contribution in [1.29, 1.82) is 0 Å². The summed E-state index contributed by atoms with van der Waals surface area (Å²) in [6.45, 7) is -0.358. The molecule has 1 aromatic heterocycles. The summed E-state index contributed by atoms with van der Waals surface area (Å²) in [6, 6.07) is 8.97. The molecule has 0 saturated heterocycles. The molecule has 1 N–H and O–H groups in total. The number of alkyl halides is 3. The Labute approximate surface area is 123 Å². The molecular weight excluding hydrogens is 301 g/mol. The van der Waals surface area contributed by atoms with Crippen molar-refractivity contribution < 1.29 is 18.0 Å². The molecule has 118 valence electrons. The minimum atomic E-state index is -4.75. The molecule has 1 amide bonds. The Morgan fingerprint density at radius 1 is 1.27 bits per heavy atom. The van der Waals surface area contributed by atoms with E-state index in [1.807, 2.05) is 6.07 Å². The predicted molar refractivity (Wildman–Crippen MR) is 70.8 cm³/mol. The molecule has 0 aliphatic heterocycles. The first kappa shape index (κ1) is 15.8. The van der Waals surface area contributed by atoms with E-state index in [1.54, 1.807) is 24.3 Å². The van der Waals surface area contributed by atoms with E-state index in [4.69, 9.17) is 0 Å². The number of carbonyl (C=O) groups excluding carboxylic acids is 1. The van der Waals surface area contributed by atoms with Crippen LogP contribution in [0.3, 0.4) is 0 Å². The van der Waals surface area contributed by atoms with Crippen LogP contribution >= 0.6 is 0 Å². The van der Waals surface area contributed by atoms with Gasteiger partial charge in [-0.05, 0) is 5.56 Å². The number of carbonyl (C=O) groups is 1. The van der Waals surface area contributed by atoms with Gasteiger partial charge in [0.15, 0.2) is 0 Å². The van der Waals surface area contributed by atoms with E-state index < -0.39 is 30.1 Å². The standard InChI is InChI=1S/C13H13F3N4O2/c1-19-11(13(14,15)16)18-20(12(19)22)8-10(21)17-7-9-5-3-2-4-6-9/h2-6H,7-8H2,1H3,(H,17,21). The maximum Gasteiger partial charge on any atom is 0.451 e. The molecule has 0 atom stereocenters. The molecule has 6 nitrogen and oxygen atoms in total. The van der Waals surface area contributed by atoms with Crippen LogP contribution in [0.15, 0.2) is 35.1 Å². The molecule has 0 bridgehead atoms. The number of aromatic nitrogens is 3. The summed E-state index contributed by atoms with van der Waals surface area (Å²) in [7, 11) is 0.955. The fourth-order valence-corrected chi connectivity index (χ4v) is 1.83. The predicted octanol–water partition coefficient (Wildman–Crippen LogP) is 0.917. The lowest BCUT2D eigenvalue weighted by Gasteiger charge is -2.04. The number of halogens is 3. The van der Waals surface area contributed by atoms with Crippen LogP contribution in [-0.4, -0.2) is 20.3 Å². The van der Waals surface area contributed by atoms with E-state index in [0.29, 0.717) is 9.25 Å². The van der Waals surface area contributed by atoms with Gasteiger partial charge in [-0.25, -0.2) is 9.48 Å². The van der Waals surface area contributed by atoms with Crippen molar-refractivity contribution in [2.24, 2.45) is 7.05 Å². The Morgan fingerprint density at radius 3 is 2.45 bits per heavy atom. The number of amides is 1. The van der Waals surface area contributed by atoms with Crippen molar-refractivity contribution in [3.05, 3.63) is 52.2 Å². The highest BCUT2D eigenvalue weighted by Crippen LogP contribution is 2.25. The van der Waals surface area contributed by atoms with Gasteiger partial charge in [0.25, 0.3) is 0 Å². The van der Waals surface area contributed by atoms with Crippen LogP contribution in [0.25, 0.3) is 0 Å². The monoisotopic (exact) mass is 314 g/mol. The first-order valence-electron chi connectivity index (χ1n) is 6.30. The number of rotatable bonds is 4. The number of benzene rings is 1. The third-order valence-electron chi connectivity index (χ3n) is 2.92. The Morgan fingerprint density at radius 2 is 1.91 bits per heavy atom. The molecule has 0 aliphatic rings. The smallest absolute Gasteiger partial charge is 0.350 e. The molecule has 2 rings (SSSR count). The highest BCUT2D eigenvalue weighted by molar-refractivity contribution is 5.75. The maximum atomic E-state index is 12.6. The summed E-state index contributed by atoms with van der Waals surface area (Å²) in [4.78, 5) is 23.3. The van der Waals surface area contributed by atoms with Crippen molar-refractivity contribution in [1.82, 2.24) is 19.7 Å². The van der Waals surface area contributed by atoms with Gasteiger partial charge in [0.2, 0.25) is 11.7 Å². The van der Waals surface area contributed by atoms with Gasteiger partial charge in [0, 0.05) is 13.6 Å². The van der Waals surface area contributed by atoms with Crippen LogP contribution in [0, 0.1) is 0 Å². The largest absolute Gasteiger partial charge is 0.451 e. The van der Waals surface area contributed by atoms with Crippen molar-refractivity contribution in [2.75, 3.05) is 0 Å². The van der Waals surface area contributed by atoms with E-state index in [2.05, 4.69) is 10.4 Å². The Hall–Kier alpha value is -2.58. The Balaban J connectivity index is 2.05. The molecule has 0 unspecified atom stereocenters. The molecule has 0 fully saturated rings. The zero-order chi connectivity index (χ0) is 16.3. The SMILES string of the molecule is Cn1c(C(F)(F)F)nn(CC(=O)NCc2ccccc2)c1=O. The lowest BCUT2D eigenvalue weighted by atomic mass is 10.2. The van der Waals surface area contributed by atoms with Gasteiger partial charge >= 0.3 is 11.9 Å². The first-order valence-corrected chi connectivity index (χ1v) is 6.30. The lowest BCUT2D eigenvalue weighted by Crippen LogP contribution is -2.33. The third-order valence-corrected chi connectivity index (χ3v) is 2.92. The van der Waals surface area contributed by atoms with Crippen LogP contribution < -0.4 is 11.0 Å². The van der Waals surface area contributed by atoms with Crippen LogP contribution in [0.2, 0.25) is 0 Å². The highest BCUT2D eigenvalue weighted by atomic mass is 19.4. The summed E-state index contributed by atoms with van der Waals surface area (Å²) >= 11 is 0. The third kappa shape index (κ3) is 3.54. The molecule has 1 heterocycles. The van der Waals surface area contributed by atoms with Crippen molar-refractivity contribution >= 4 is 5.91 Å². The second-order valence-corrected chi connectivity index (χ2v) is 4.58. The summed E-state index contributed by atoms with van der Waals surface area (Å²) < 4.78 is 38.7. The van der Waals surface area contributed by atoms with Gasteiger partial charge in [-0.15, -0.1) is 5.10 Å². The van der Waals surface area contributed by atoms with E-state index in [-0.39, 0.29) is 6.54 Å². The van der Waals surface area contributed by atoms with Gasteiger partial charge in [0.1, 0.15) is 6.54 Å². The van der Waals surface area contributed by atoms with E-state index in [9.17, 15) is 22.8 Å². The van der Waals surface area contributed by atoms with Crippen LogP contribution in [0.5, 0.6) is 0 Å². The molecule has 0 saturated carbocycles. The van der Waals surface area contributed by atoms with Crippen LogP contribution in [0.1, 0.15) is 11.4 Å². The van der Waals surface area contributed by atoms with Gasteiger partial charge in [0.05, 0.1) is 0 Å². The molecule has 0 radical (unpaired) electrons. The summed E-state index contributed by atoms with van der Waals surface area (Å²) in [5.74, 6) is -1.94. The van der Waals surface area contributed by atoms with Crippen LogP contribution in [0.4, 0.5) is 13.2 Å². The molecule has 0 spiro atoms. The molecular formula is C13H13F3N4O2. The van der Waals surface area contributed by atoms with Crippen molar-refractivity contribution in [3.63, 3.8) is 0 Å². The van der Waals surface area contributed by atoms with Crippen molar-refractivity contribution in [2.45, 2.75) is 19.3 Å². The highest BCUT2D eigenvalue weighted by Gasteiger charge is 2.38. The zero-order valence-corrected chi connectivity index (χ0v) is 11.6. The lowest BCUT2D eigenvalue weighted by molar-refractivity contribution is -0.147. The van der Waals surface area contributed by atoms with Gasteiger partial charge < -0.3 is 5.32 Å². The summed E-state index contributed by atoms with van der Waals surface area (Å²) in [5, 5.41) is 5.67. The number of hydrogen-bond donors (Lipinski definition) is 1. The summed E-state index contributed by atoms with van der Waals surface area (Å²) in [5.41, 5.74) is -0.164. The van der Waals surface area contributed by atoms with E-state index in [0.717, 1.165) is 12.6 Å². The average molecular weight is 314 g/mol. The molecule has 9 heteroatoms. The Bertz CT molecular complexity index is 719. The maximum absolute atomic E-state index is 12.6. The minimum absolute atomic E-state index is 0.216. The summed E-state index contributed by atoms with van der Waals surface area (Å²) in [6.07, 6.45) is -4.75. The van der Waals surface area contributed by atoms with Gasteiger partial charge in [-0.1, -0.05) is 30.3 Å². The fraction of sp³-hybridized carbons (Fsp3) is 0.308. The molecule has 2 aromatic rings.